The monoisotopic (exact) mass is 448 g/mol. The lowest BCUT2D eigenvalue weighted by atomic mass is 10.1. The van der Waals surface area contributed by atoms with Crippen LogP contribution in [0.3, 0.4) is 0 Å². The molecule has 0 fully saturated rings. The van der Waals surface area contributed by atoms with E-state index in [4.69, 9.17) is 9.47 Å². The van der Waals surface area contributed by atoms with Crippen molar-refractivity contribution in [2.45, 2.75) is 20.3 Å². The zero-order valence-electron chi connectivity index (χ0n) is 18.2. The van der Waals surface area contributed by atoms with Gasteiger partial charge < -0.3 is 14.8 Å². The molecule has 1 aliphatic rings. The van der Waals surface area contributed by atoms with Crippen molar-refractivity contribution < 1.29 is 19.1 Å². The topological polar surface area (TPSA) is 67.9 Å². The Balaban J connectivity index is 1.76. The van der Waals surface area contributed by atoms with Crippen molar-refractivity contribution in [3.05, 3.63) is 76.1 Å². The molecule has 2 amide bonds. The minimum Gasteiger partial charge on any atom is -0.495 e. The molecule has 1 aliphatic heterocycles. The summed E-state index contributed by atoms with van der Waals surface area (Å²) in [6, 6.07) is 16.4. The number of methoxy groups -OCH3 is 1. The molecule has 164 valence electrons. The zero-order valence-corrected chi connectivity index (χ0v) is 19.0. The van der Waals surface area contributed by atoms with E-state index in [9.17, 15) is 9.59 Å². The smallest absolute Gasteiger partial charge is 0.282 e. The van der Waals surface area contributed by atoms with Gasteiger partial charge in [-0.2, -0.15) is 0 Å². The lowest BCUT2D eigenvalue weighted by molar-refractivity contribution is -0.120. The van der Waals surface area contributed by atoms with Crippen LogP contribution in [-0.4, -0.2) is 25.5 Å². The highest BCUT2D eigenvalue weighted by Gasteiger charge is 2.41. The number of aryl methyl sites for hydroxylation is 1. The van der Waals surface area contributed by atoms with Crippen LogP contribution in [0.1, 0.15) is 23.8 Å². The number of carbonyl (C=O) groups is 2. The SMILES string of the molecule is CCCOc1cccc(N2C(=O)C(Nc3cc(C)ccc3OC)=C(c3cccs3)C2=O)c1. The molecule has 4 rings (SSSR count). The van der Waals surface area contributed by atoms with Crippen molar-refractivity contribution in [2.75, 3.05) is 23.9 Å². The molecule has 0 radical (unpaired) electrons. The number of anilines is 2. The Bertz CT molecular complexity index is 1180. The lowest BCUT2D eigenvalue weighted by Gasteiger charge is -2.17. The summed E-state index contributed by atoms with van der Waals surface area (Å²) < 4.78 is 11.2. The predicted molar refractivity (Wildman–Crippen MR) is 127 cm³/mol. The first-order chi connectivity index (χ1) is 15.5. The van der Waals surface area contributed by atoms with Gasteiger partial charge in [0.2, 0.25) is 0 Å². The number of hydrogen-bond donors (Lipinski definition) is 1. The summed E-state index contributed by atoms with van der Waals surface area (Å²) in [5.74, 6) is 0.403. The Kier molecular flexibility index (Phi) is 6.28. The average Bonchev–Trinajstić information content (AvgIpc) is 3.39. The van der Waals surface area contributed by atoms with E-state index in [1.807, 2.05) is 55.6 Å². The van der Waals surface area contributed by atoms with Crippen molar-refractivity contribution in [1.29, 1.82) is 0 Å². The number of imide groups is 1. The zero-order chi connectivity index (χ0) is 22.7. The third-order valence-corrected chi connectivity index (χ3v) is 5.90. The number of rotatable bonds is 8. The number of hydrogen-bond acceptors (Lipinski definition) is 6. The molecule has 0 spiro atoms. The molecule has 0 aliphatic carbocycles. The van der Waals surface area contributed by atoms with Crippen LogP contribution in [0.25, 0.3) is 5.57 Å². The Morgan fingerprint density at radius 3 is 2.59 bits per heavy atom. The van der Waals surface area contributed by atoms with Crippen LogP contribution < -0.4 is 19.7 Å². The van der Waals surface area contributed by atoms with Crippen LogP contribution in [0.5, 0.6) is 11.5 Å². The quantitative estimate of drug-likeness (QED) is 0.477. The number of thiophene rings is 1. The maximum atomic E-state index is 13.5. The summed E-state index contributed by atoms with van der Waals surface area (Å²) in [5.41, 5.74) is 2.66. The number of nitrogens with one attached hydrogen (secondary N) is 1. The van der Waals surface area contributed by atoms with E-state index >= 15 is 0 Å². The molecule has 6 nitrogen and oxygen atoms in total. The molecule has 3 aromatic rings. The number of amides is 2. The van der Waals surface area contributed by atoms with Crippen molar-refractivity contribution in [3.63, 3.8) is 0 Å². The van der Waals surface area contributed by atoms with Gasteiger partial charge >= 0.3 is 0 Å². The Labute approximate surface area is 191 Å². The molecule has 0 unspecified atom stereocenters. The standard InChI is InChI=1S/C25H24N2O4S/c1-4-12-31-18-8-5-7-17(15-18)27-24(28)22(21-9-6-13-32-21)23(25(27)29)26-19-14-16(2)10-11-20(19)30-3/h5-11,13-15,26H,4,12H2,1-3H3. The summed E-state index contributed by atoms with van der Waals surface area (Å²) in [7, 11) is 1.57. The van der Waals surface area contributed by atoms with Crippen molar-refractivity contribution >= 4 is 40.1 Å². The van der Waals surface area contributed by atoms with Gasteiger partial charge in [-0.25, -0.2) is 4.90 Å². The summed E-state index contributed by atoms with van der Waals surface area (Å²) in [6.45, 7) is 4.53. The van der Waals surface area contributed by atoms with Crippen LogP contribution in [-0.2, 0) is 9.59 Å². The van der Waals surface area contributed by atoms with Crippen LogP contribution in [0, 0.1) is 6.92 Å². The maximum Gasteiger partial charge on any atom is 0.282 e. The number of ether oxygens (including phenoxy) is 2. The van der Waals surface area contributed by atoms with Crippen LogP contribution in [0.4, 0.5) is 11.4 Å². The van der Waals surface area contributed by atoms with Crippen molar-refractivity contribution in [2.24, 2.45) is 0 Å². The highest BCUT2D eigenvalue weighted by molar-refractivity contribution is 7.11. The number of benzene rings is 2. The first-order valence-corrected chi connectivity index (χ1v) is 11.2. The second-order valence-electron chi connectivity index (χ2n) is 7.35. The number of carbonyl (C=O) groups excluding carboxylic acids is 2. The fourth-order valence-electron chi connectivity index (χ4n) is 3.52. The maximum absolute atomic E-state index is 13.5. The molecule has 2 heterocycles. The van der Waals surface area contributed by atoms with Gasteiger partial charge in [0.1, 0.15) is 17.2 Å². The normalized spacial score (nSPS) is 13.7. The minimum atomic E-state index is -0.422. The third-order valence-electron chi connectivity index (χ3n) is 5.01. The van der Waals surface area contributed by atoms with Gasteiger partial charge in [-0.05, 0) is 54.6 Å². The Hall–Kier alpha value is -3.58. The van der Waals surface area contributed by atoms with E-state index in [0.717, 1.165) is 16.9 Å². The lowest BCUT2D eigenvalue weighted by Crippen LogP contribution is -2.32. The largest absolute Gasteiger partial charge is 0.495 e. The summed E-state index contributed by atoms with van der Waals surface area (Å²) in [4.78, 5) is 29.0. The average molecular weight is 449 g/mol. The molecule has 1 N–H and O–H groups in total. The van der Waals surface area contributed by atoms with Crippen LogP contribution in [0.15, 0.2) is 65.7 Å². The highest BCUT2D eigenvalue weighted by atomic mass is 32.1. The summed E-state index contributed by atoms with van der Waals surface area (Å²) in [6.07, 6.45) is 0.863. The molecule has 1 aromatic heterocycles. The fraction of sp³-hybridized carbons (Fsp3) is 0.200. The van der Waals surface area contributed by atoms with Gasteiger partial charge in [-0.1, -0.05) is 25.1 Å². The van der Waals surface area contributed by atoms with Gasteiger partial charge in [0.25, 0.3) is 11.8 Å². The second-order valence-corrected chi connectivity index (χ2v) is 8.30. The Morgan fingerprint density at radius 1 is 1.03 bits per heavy atom. The Morgan fingerprint density at radius 2 is 1.88 bits per heavy atom. The van der Waals surface area contributed by atoms with Crippen LogP contribution >= 0.6 is 11.3 Å². The molecule has 0 saturated heterocycles. The van der Waals surface area contributed by atoms with E-state index < -0.39 is 5.91 Å². The second kappa shape index (κ2) is 9.28. The first kappa shape index (κ1) is 21.6. The molecule has 0 atom stereocenters. The molecule has 7 heteroatoms. The predicted octanol–water partition coefficient (Wildman–Crippen LogP) is 5.25. The van der Waals surface area contributed by atoms with Gasteiger partial charge in [0, 0.05) is 10.9 Å². The molecule has 0 saturated carbocycles. The van der Waals surface area contributed by atoms with Crippen molar-refractivity contribution in [1.82, 2.24) is 0 Å². The van der Waals surface area contributed by atoms with E-state index in [-0.39, 0.29) is 11.6 Å². The highest BCUT2D eigenvalue weighted by Crippen LogP contribution is 2.38. The number of nitrogens with zero attached hydrogens (tertiary/aromatic N) is 1. The minimum absolute atomic E-state index is 0.223. The fourth-order valence-corrected chi connectivity index (χ4v) is 4.28. The van der Waals surface area contributed by atoms with E-state index in [0.29, 0.717) is 35.1 Å². The van der Waals surface area contributed by atoms with E-state index in [1.165, 1.54) is 16.2 Å². The molecule has 32 heavy (non-hydrogen) atoms. The van der Waals surface area contributed by atoms with Gasteiger partial charge in [-0.3, -0.25) is 9.59 Å². The molecular formula is C25H24N2O4S. The van der Waals surface area contributed by atoms with Crippen LogP contribution in [0.2, 0.25) is 0 Å². The van der Waals surface area contributed by atoms with E-state index in [2.05, 4.69) is 5.32 Å². The molecular weight excluding hydrogens is 424 g/mol. The third kappa shape index (κ3) is 4.11. The van der Waals surface area contributed by atoms with E-state index in [1.54, 1.807) is 25.3 Å². The van der Waals surface area contributed by atoms with Gasteiger partial charge in [-0.15, -0.1) is 11.3 Å². The van der Waals surface area contributed by atoms with Gasteiger partial charge in [0.15, 0.2) is 0 Å². The molecule has 0 bridgehead atoms. The van der Waals surface area contributed by atoms with Crippen molar-refractivity contribution in [3.8, 4) is 11.5 Å². The first-order valence-electron chi connectivity index (χ1n) is 10.3. The van der Waals surface area contributed by atoms with Gasteiger partial charge in [0.05, 0.1) is 30.7 Å². The molecule has 2 aromatic carbocycles. The summed E-state index contributed by atoms with van der Waals surface area (Å²) in [5, 5.41) is 5.07. The summed E-state index contributed by atoms with van der Waals surface area (Å²) >= 11 is 1.41.